The number of hydrogen-bond donors (Lipinski definition) is 0. The number of benzene rings is 1. The molecule has 3 nitrogen and oxygen atoms in total. The Morgan fingerprint density at radius 1 is 1.38 bits per heavy atom. The summed E-state index contributed by atoms with van der Waals surface area (Å²) in [6.07, 6.45) is 1.32. The molecule has 5 heteroatoms. The molecule has 0 radical (unpaired) electrons. The lowest BCUT2D eigenvalue weighted by Crippen LogP contribution is -1.80. The monoisotopic (exact) mass is 350 g/mol. The maximum Gasteiger partial charge on any atom is 0.247 e. The zero-order valence-corrected chi connectivity index (χ0v) is 10.1. The molecular weight excluding hydrogens is 347 g/mol. The first-order valence-electron chi connectivity index (χ1n) is 3.49. The number of halogens is 2. The van der Waals surface area contributed by atoms with Crippen molar-refractivity contribution in [3.63, 3.8) is 0 Å². The second-order valence-corrected chi connectivity index (χ2v) is 4.39. The lowest BCUT2D eigenvalue weighted by atomic mass is 10.2. The number of aromatic nitrogens is 2. The summed E-state index contributed by atoms with van der Waals surface area (Å²) in [7, 11) is 0. The molecule has 1 heterocycles. The molecule has 0 fully saturated rings. The van der Waals surface area contributed by atoms with Gasteiger partial charge in [0, 0.05) is 13.6 Å². The van der Waals surface area contributed by atoms with Gasteiger partial charge in [0.1, 0.15) is 0 Å². The third-order valence-corrected chi connectivity index (χ3v) is 3.86. The van der Waals surface area contributed by atoms with Gasteiger partial charge in [0.15, 0.2) is 0 Å². The van der Waals surface area contributed by atoms with Gasteiger partial charge in [-0.1, -0.05) is 0 Å². The Balaban J connectivity index is 2.49. The molecule has 0 bridgehead atoms. The van der Waals surface area contributed by atoms with Crippen LogP contribution in [0.2, 0.25) is 0 Å². The number of rotatable bonds is 1. The summed E-state index contributed by atoms with van der Waals surface area (Å²) in [5, 5.41) is 7.43. The predicted molar refractivity (Wildman–Crippen MR) is 60.2 cm³/mol. The van der Waals surface area contributed by atoms with Crippen LogP contribution in [0, 0.1) is 3.57 Å². The molecule has 0 aliphatic carbocycles. The summed E-state index contributed by atoms with van der Waals surface area (Å²) >= 11 is 5.68. The normalized spacial score (nSPS) is 10.3. The van der Waals surface area contributed by atoms with Gasteiger partial charge in [-0.3, -0.25) is 0 Å². The highest BCUT2D eigenvalue weighted by atomic mass is 127. The van der Waals surface area contributed by atoms with E-state index in [4.69, 9.17) is 4.42 Å². The molecule has 0 amide bonds. The maximum absolute atomic E-state index is 5.07. The second kappa shape index (κ2) is 3.75. The highest BCUT2D eigenvalue weighted by molar-refractivity contribution is 14.1. The van der Waals surface area contributed by atoms with Crippen LogP contribution in [0.15, 0.2) is 33.5 Å². The zero-order valence-electron chi connectivity index (χ0n) is 6.37. The van der Waals surface area contributed by atoms with Crippen LogP contribution in [-0.2, 0) is 0 Å². The molecule has 0 unspecified atom stereocenters. The van der Waals surface area contributed by atoms with Crippen LogP contribution in [0.25, 0.3) is 11.5 Å². The van der Waals surface area contributed by atoms with Gasteiger partial charge in [0.25, 0.3) is 0 Å². The van der Waals surface area contributed by atoms with Crippen molar-refractivity contribution >= 4 is 38.5 Å². The Labute approximate surface area is 96.8 Å². The van der Waals surface area contributed by atoms with Crippen LogP contribution >= 0.6 is 38.5 Å². The van der Waals surface area contributed by atoms with E-state index in [9.17, 15) is 0 Å². The van der Waals surface area contributed by atoms with Crippen molar-refractivity contribution in [2.45, 2.75) is 0 Å². The van der Waals surface area contributed by atoms with Gasteiger partial charge in [-0.15, -0.1) is 10.2 Å². The van der Waals surface area contributed by atoms with Gasteiger partial charge in [0.05, 0.1) is 0 Å². The van der Waals surface area contributed by atoms with E-state index in [0.717, 1.165) is 13.6 Å². The maximum atomic E-state index is 5.07. The van der Waals surface area contributed by atoms with Crippen molar-refractivity contribution in [2.75, 3.05) is 0 Å². The van der Waals surface area contributed by atoms with E-state index in [-0.39, 0.29) is 0 Å². The molecule has 13 heavy (non-hydrogen) atoms. The summed E-state index contributed by atoms with van der Waals surface area (Å²) in [5.74, 6) is 0.539. The minimum Gasteiger partial charge on any atom is -0.423 e. The van der Waals surface area contributed by atoms with Gasteiger partial charge in [-0.25, -0.2) is 0 Å². The fourth-order valence-electron chi connectivity index (χ4n) is 0.928. The molecule has 0 saturated carbocycles. The summed E-state index contributed by atoms with van der Waals surface area (Å²) in [5.41, 5.74) is 0.921. The van der Waals surface area contributed by atoms with Crippen molar-refractivity contribution in [3.05, 3.63) is 32.6 Å². The molecule has 1 aromatic heterocycles. The molecule has 0 aliphatic heterocycles. The first kappa shape index (κ1) is 9.14. The van der Waals surface area contributed by atoms with Crippen LogP contribution in [0.3, 0.4) is 0 Å². The molecular formula is C8H4BrIN2O. The molecule has 2 rings (SSSR count). The van der Waals surface area contributed by atoms with E-state index >= 15 is 0 Å². The van der Waals surface area contributed by atoms with Crippen molar-refractivity contribution in [1.82, 2.24) is 10.2 Å². The van der Waals surface area contributed by atoms with Crippen molar-refractivity contribution in [2.24, 2.45) is 0 Å². The molecule has 0 N–H and O–H groups in total. The van der Waals surface area contributed by atoms with Gasteiger partial charge in [-0.05, 0) is 56.7 Å². The van der Waals surface area contributed by atoms with Crippen LogP contribution in [0.5, 0.6) is 0 Å². The minimum atomic E-state index is 0.539. The number of nitrogens with zero attached hydrogens (tertiary/aromatic N) is 2. The van der Waals surface area contributed by atoms with Gasteiger partial charge in [-0.2, -0.15) is 0 Å². The Hall–Kier alpha value is -0.430. The Morgan fingerprint density at radius 2 is 2.23 bits per heavy atom. The fraction of sp³-hybridized carbons (Fsp3) is 0. The summed E-state index contributed by atoms with van der Waals surface area (Å²) in [6, 6.07) is 5.89. The molecule has 0 spiro atoms. The number of hydrogen-bond acceptors (Lipinski definition) is 3. The Kier molecular flexibility index (Phi) is 2.63. The van der Waals surface area contributed by atoms with E-state index in [1.165, 1.54) is 6.39 Å². The third kappa shape index (κ3) is 1.91. The quantitative estimate of drug-likeness (QED) is 0.742. The summed E-state index contributed by atoms with van der Waals surface area (Å²) < 4.78 is 7.25. The lowest BCUT2D eigenvalue weighted by molar-refractivity contribution is 0.568. The van der Waals surface area contributed by atoms with Crippen LogP contribution in [-0.4, -0.2) is 10.2 Å². The Bertz CT molecular complexity index is 416. The van der Waals surface area contributed by atoms with Crippen LogP contribution in [0.1, 0.15) is 0 Å². The van der Waals surface area contributed by atoms with Crippen molar-refractivity contribution < 1.29 is 4.42 Å². The summed E-state index contributed by atoms with van der Waals surface area (Å²) in [4.78, 5) is 0. The average molecular weight is 351 g/mol. The molecule has 0 aliphatic rings. The first-order chi connectivity index (χ1) is 6.27. The highest BCUT2D eigenvalue weighted by Crippen LogP contribution is 2.25. The van der Waals surface area contributed by atoms with E-state index < -0.39 is 0 Å². The highest BCUT2D eigenvalue weighted by Gasteiger charge is 2.04. The van der Waals surface area contributed by atoms with Gasteiger partial charge < -0.3 is 4.42 Å². The van der Waals surface area contributed by atoms with Gasteiger partial charge in [0.2, 0.25) is 12.3 Å². The fourth-order valence-corrected chi connectivity index (χ4v) is 1.64. The third-order valence-electron chi connectivity index (χ3n) is 1.53. The summed E-state index contributed by atoms with van der Waals surface area (Å²) in [6.45, 7) is 0. The van der Waals surface area contributed by atoms with Gasteiger partial charge >= 0.3 is 0 Å². The minimum absolute atomic E-state index is 0.539. The standard InChI is InChI=1S/C8H4BrIN2O/c9-6-3-5(1-2-7(6)10)8-12-11-4-13-8/h1-4H. The lowest BCUT2D eigenvalue weighted by Gasteiger charge is -1.97. The topological polar surface area (TPSA) is 38.9 Å². The van der Waals surface area contributed by atoms with Crippen molar-refractivity contribution in [3.8, 4) is 11.5 Å². The van der Waals surface area contributed by atoms with Crippen LogP contribution in [0.4, 0.5) is 0 Å². The smallest absolute Gasteiger partial charge is 0.247 e. The molecule has 2 aromatic rings. The van der Waals surface area contributed by atoms with Crippen LogP contribution < -0.4 is 0 Å². The average Bonchev–Trinajstić information content (AvgIpc) is 2.62. The SMILES string of the molecule is Brc1cc(-c2nnco2)ccc1I. The molecule has 0 atom stereocenters. The van der Waals surface area contributed by atoms with E-state index in [1.807, 2.05) is 18.2 Å². The molecule has 0 saturated heterocycles. The Morgan fingerprint density at radius 3 is 2.85 bits per heavy atom. The van der Waals surface area contributed by atoms with E-state index in [0.29, 0.717) is 5.89 Å². The van der Waals surface area contributed by atoms with E-state index in [2.05, 4.69) is 48.7 Å². The largest absolute Gasteiger partial charge is 0.423 e. The zero-order chi connectivity index (χ0) is 9.26. The molecule has 66 valence electrons. The predicted octanol–water partition coefficient (Wildman–Crippen LogP) is 3.10. The first-order valence-corrected chi connectivity index (χ1v) is 5.36. The molecule has 1 aromatic carbocycles. The van der Waals surface area contributed by atoms with Crippen molar-refractivity contribution in [1.29, 1.82) is 0 Å². The van der Waals surface area contributed by atoms with E-state index in [1.54, 1.807) is 0 Å². The second-order valence-electron chi connectivity index (χ2n) is 2.37.